The van der Waals surface area contributed by atoms with Crippen molar-refractivity contribution in [1.29, 1.82) is 0 Å². The monoisotopic (exact) mass is 399 g/mol. The van der Waals surface area contributed by atoms with Crippen LogP contribution >= 0.6 is 22.9 Å². The fourth-order valence-corrected chi connectivity index (χ4v) is 3.67. The summed E-state index contributed by atoms with van der Waals surface area (Å²) in [5.74, 6) is -1.24. The lowest BCUT2D eigenvalue weighted by Gasteiger charge is -2.07. The molecular formula is C19H11ClFN3O2S. The zero-order chi connectivity index (χ0) is 19.0. The molecule has 0 unspecified atom stereocenters. The molecule has 27 heavy (non-hydrogen) atoms. The summed E-state index contributed by atoms with van der Waals surface area (Å²) in [6, 6.07) is 13.1. The molecule has 8 heteroatoms. The number of carbonyl (C=O) groups is 1. The molecule has 4 aromatic rings. The Morgan fingerprint density at radius 3 is 2.70 bits per heavy atom. The molecule has 0 saturated carbocycles. The van der Waals surface area contributed by atoms with Crippen molar-refractivity contribution in [2.24, 2.45) is 0 Å². The van der Waals surface area contributed by atoms with Crippen LogP contribution in [-0.4, -0.2) is 15.3 Å². The number of rotatable bonds is 3. The third kappa shape index (κ3) is 3.22. The molecule has 1 N–H and O–H groups in total. The molecule has 0 radical (unpaired) electrons. The number of carbonyl (C=O) groups excluding carboxylic acids is 1. The highest BCUT2D eigenvalue weighted by atomic mass is 35.5. The Kier molecular flexibility index (Phi) is 4.47. The van der Waals surface area contributed by atoms with Crippen LogP contribution in [0, 0.1) is 5.82 Å². The zero-order valence-electron chi connectivity index (χ0n) is 13.6. The van der Waals surface area contributed by atoms with Crippen LogP contribution in [0.1, 0.15) is 10.4 Å². The molecule has 0 aliphatic carbocycles. The second kappa shape index (κ2) is 6.94. The molecule has 0 bridgehead atoms. The number of thiazole rings is 1. The van der Waals surface area contributed by atoms with E-state index in [9.17, 15) is 14.0 Å². The van der Waals surface area contributed by atoms with Gasteiger partial charge in [0.2, 0.25) is 0 Å². The van der Waals surface area contributed by atoms with Crippen LogP contribution in [0.15, 0.2) is 64.9 Å². The minimum Gasteiger partial charge on any atom is -0.322 e. The van der Waals surface area contributed by atoms with Gasteiger partial charge in [0.1, 0.15) is 11.4 Å². The van der Waals surface area contributed by atoms with E-state index in [1.54, 1.807) is 0 Å². The standard InChI is InChI=1S/C19H11ClFN3O2S/c20-14-8-12(6-7-15(14)21)23-17(25)13-9-22-19-24(18(13)26)16(10-27-19)11-4-2-1-3-5-11/h1-10H,(H,23,25). The third-order valence-electron chi connectivity index (χ3n) is 3.94. The normalized spacial score (nSPS) is 10.9. The van der Waals surface area contributed by atoms with Gasteiger partial charge in [0.25, 0.3) is 11.5 Å². The number of hydrogen-bond acceptors (Lipinski definition) is 4. The predicted molar refractivity (Wildman–Crippen MR) is 104 cm³/mol. The van der Waals surface area contributed by atoms with Crippen LogP contribution in [0.3, 0.4) is 0 Å². The van der Waals surface area contributed by atoms with E-state index in [2.05, 4.69) is 10.3 Å². The first-order valence-electron chi connectivity index (χ1n) is 7.85. The summed E-state index contributed by atoms with van der Waals surface area (Å²) >= 11 is 7.04. The summed E-state index contributed by atoms with van der Waals surface area (Å²) in [5.41, 5.74) is 1.18. The van der Waals surface area contributed by atoms with Crippen LogP contribution < -0.4 is 10.9 Å². The summed E-state index contributed by atoms with van der Waals surface area (Å²) in [7, 11) is 0. The van der Waals surface area contributed by atoms with Gasteiger partial charge in [0.05, 0.1) is 10.7 Å². The minimum absolute atomic E-state index is 0.122. The zero-order valence-corrected chi connectivity index (χ0v) is 15.2. The van der Waals surface area contributed by atoms with Crippen molar-refractivity contribution in [1.82, 2.24) is 9.38 Å². The van der Waals surface area contributed by atoms with Crippen LogP contribution in [0.2, 0.25) is 5.02 Å². The van der Waals surface area contributed by atoms with Gasteiger partial charge < -0.3 is 5.32 Å². The minimum atomic E-state index is -0.644. The largest absolute Gasteiger partial charge is 0.322 e. The van der Waals surface area contributed by atoms with Crippen LogP contribution in [-0.2, 0) is 0 Å². The summed E-state index contributed by atoms with van der Waals surface area (Å²) in [4.78, 5) is 30.2. The van der Waals surface area contributed by atoms with Gasteiger partial charge in [-0.1, -0.05) is 41.9 Å². The number of anilines is 1. The Morgan fingerprint density at radius 2 is 1.96 bits per heavy atom. The predicted octanol–water partition coefficient (Wildman–Crippen LogP) is 4.47. The second-order valence-electron chi connectivity index (χ2n) is 5.66. The molecule has 0 atom stereocenters. The number of hydrogen-bond donors (Lipinski definition) is 1. The lowest BCUT2D eigenvalue weighted by Crippen LogP contribution is -2.26. The summed E-state index contributed by atoms with van der Waals surface area (Å²) in [5, 5.41) is 4.24. The van der Waals surface area contributed by atoms with E-state index in [-0.39, 0.29) is 16.3 Å². The van der Waals surface area contributed by atoms with Crippen molar-refractivity contribution in [2.45, 2.75) is 0 Å². The van der Waals surface area contributed by atoms with Crippen molar-refractivity contribution in [2.75, 3.05) is 5.32 Å². The van der Waals surface area contributed by atoms with Crippen molar-refractivity contribution in [3.8, 4) is 11.3 Å². The summed E-state index contributed by atoms with van der Waals surface area (Å²) < 4.78 is 14.7. The fourth-order valence-electron chi connectivity index (χ4n) is 2.63. The van der Waals surface area contributed by atoms with Crippen molar-refractivity contribution in [3.63, 3.8) is 0 Å². The molecule has 0 aliphatic heterocycles. The molecule has 0 aliphatic rings. The van der Waals surface area contributed by atoms with Gasteiger partial charge in [-0.2, -0.15) is 0 Å². The van der Waals surface area contributed by atoms with Gasteiger partial charge in [0, 0.05) is 17.3 Å². The number of nitrogens with zero attached hydrogens (tertiary/aromatic N) is 2. The molecular weight excluding hydrogens is 389 g/mol. The molecule has 4 rings (SSSR count). The highest BCUT2D eigenvalue weighted by Crippen LogP contribution is 2.24. The van der Waals surface area contributed by atoms with Crippen LogP contribution in [0.5, 0.6) is 0 Å². The maximum absolute atomic E-state index is 13.3. The van der Waals surface area contributed by atoms with Crippen LogP contribution in [0.4, 0.5) is 10.1 Å². The second-order valence-corrected chi connectivity index (χ2v) is 6.91. The number of aromatic nitrogens is 2. The Bertz CT molecular complexity index is 1220. The lowest BCUT2D eigenvalue weighted by atomic mass is 10.2. The summed E-state index contributed by atoms with van der Waals surface area (Å²) in [6.07, 6.45) is 1.24. The third-order valence-corrected chi connectivity index (χ3v) is 5.07. The Hall–Kier alpha value is -3.03. The Balaban J connectivity index is 1.76. The van der Waals surface area contributed by atoms with Crippen molar-refractivity contribution >= 4 is 39.5 Å². The fraction of sp³-hybridized carbons (Fsp3) is 0. The van der Waals surface area contributed by atoms with Crippen LogP contribution in [0.25, 0.3) is 16.2 Å². The molecule has 2 heterocycles. The lowest BCUT2D eigenvalue weighted by molar-refractivity contribution is 0.102. The highest BCUT2D eigenvalue weighted by molar-refractivity contribution is 7.15. The molecule has 2 aromatic carbocycles. The van der Waals surface area contributed by atoms with Gasteiger partial charge in [-0.3, -0.25) is 14.0 Å². The van der Waals surface area contributed by atoms with E-state index in [0.717, 1.165) is 11.6 Å². The maximum atomic E-state index is 13.3. The van der Waals surface area contributed by atoms with E-state index >= 15 is 0 Å². The average molecular weight is 400 g/mol. The number of amides is 1. The maximum Gasteiger partial charge on any atom is 0.271 e. The molecule has 0 fully saturated rings. The molecule has 0 spiro atoms. The molecule has 1 amide bonds. The average Bonchev–Trinajstić information content (AvgIpc) is 3.11. The first-order valence-corrected chi connectivity index (χ1v) is 9.11. The van der Waals surface area contributed by atoms with Gasteiger partial charge in [0.15, 0.2) is 4.96 Å². The van der Waals surface area contributed by atoms with E-state index in [0.29, 0.717) is 10.7 Å². The van der Waals surface area contributed by atoms with E-state index < -0.39 is 17.3 Å². The van der Waals surface area contributed by atoms with Crippen molar-refractivity contribution < 1.29 is 9.18 Å². The highest BCUT2D eigenvalue weighted by Gasteiger charge is 2.17. The first-order chi connectivity index (χ1) is 13.0. The number of nitrogens with one attached hydrogen (secondary N) is 1. The van der Waals surface area contributed by atoms with Gasteiger partial charge >= 0.3 is 0 Å². The first kappa shape index (κ1) is 17.4. The quantitative estimate of drug-likeness (QED) is 0.553. The molecule has 2 aromatic heterocycles. The number of benzene rings is 2. The molecule has 0 saturated heterocycles. The van der Waals surface area contributed by atoms with Gasteiger partial charge in [-0.25, -0.2) is 9.37 Å². The topological polar surface area (TPSA) is 63.5 Å². The Labute approximate surface area is 161 Å². The number of halogens is 2. The van der Waals surface area contributed by atoms with Gasteiger partial charge in [-0.05, 0) is 23.8 Å². The van der Waals surface area contributed by atoms with E-state index in [4.69, 9.17) is 11.6 Å². The van der Waals surface area contributed by atoms with Gasteiger partial charge in [-0.15, -0.1) is 11.3 Å². The molecule has 134 valence electrons. The van der Waals surface area contributed by atoms with Crippen molar-refractivity contribution in [3.05, 3.63) is 86.9 Å². The Morgan fingerprint density at radius 1 is 1.19 bits per heavy atom. The smallest absolute Gasteiger partial charge is 0.271 e. The number of fused-ring (bicyclic) bond motifs is 1. The van der Waals surface area contributed by atoms with E-state index in [1.165, 1.54) is 34.1 Å². The molecule has 5 nitrogen and oxygen atoms in total. The SMILES string of the molecule is O=C(Nc1ccc(F)c(Cl)c1)c1cnc2scc(-c3ccccc3)n2c1=O. The summed E-state index contributed by atoms with van der Waals surface area (Å²) in [6.45, 7) is 0. The van der Waals surface area contributed by atoms with E-state index in [1.807, 2.05) is 35.7 Å².